The fraction of sp³-hybridized carbons (Fsp3) is 0.333. The van der Waals surface area contributed by atoms with Crippen molar-refractivity contribution in [2.45, 2.75) is 20.8 Å². The lowest BCUT2D eigenvalue weighted by molar-refractivity contribution is 0.0527. The van der Waals surface area contributed by atoms with Crippen molar-refractivity contribution >= 4 is 34.1 Å². The van der Waals surface area contributed by atoms with Gasteiger partial charge >= 0.3 is 5.97 Å². The van der Waals surface area contributed by atoms with Crippen LogP contribution < -0.4 is 11.1 Å². The van der Waals surface area contributed by atoms with Crippen LogP contribution in [0.3, 0.4) is 0 Å². The van der Waals surface area contributed by atoms with Crippen LogP contribution in [0.15, 0.2) is 6.20 Å². The maximum Gasteiger partial charge on any atom is 0.341 e. The third-order valence-electron chi connectivity index (χ3n) is 3.56. The molecule has 128 valence electrons. The van der Waals surface area contributed by atoms with Gasteiger partial charge in [0, 0.05) is 12.7 Å². The van der Waals surface area contributed by atoms with Gasteiger partial charge in [0.15, 0.2) is 0 Å². The molecule has 0 aromatic carbocycles. The minimum atomic E-state index is -0.666. The van der Waals surface area contributed by atoms with Gasteiger partial charge in [-0.15, -0.1) is 11.3 Å². The lowest BCUT2D eigenvalue weighted by Gasteiger charge is -2.07. The first-order valence-corrected chi connectivity index (χ1v) is 7.99. The van der Waals surface area contributed by atoms with Gasteiger partial charge in [-0.1, -0.05) is 0 Å². The van der Waals surface area contributed by atoms with E-state index in [-0.39, 0.29) is 22.0 Å². The van der Waals surface area contributed by atoms with E-state index in [4.69, 9.17) is 10.5 Å². The molecule has 8 nitrogen and oxygen atoms in total. The third-order valence-corrected chi connectivity index (χ3v) is 4.78. The smallest absolute Gasteiger partial charge is 0.341 e. The highest BCUT2D eigenvalue weighted by Crippen LogP contribution is 2.34. The Morgan fingerprint density at radius 3 is 2.54 bits per heavy atom. The van der Waals surface area contributed by atoms with Crippen LogP contribution in [0.4, 0.5) is 5.00 Å². The number of esters is 1. The molecule has 0 aliphatic rings. The SMILES string of the molecule is CCOC(=O)c1c(NC(=O)c2cnn(C)c2C)sc(C(N)=O)c1C. The number of primary amides is 1. The molecule has 9 heteroatoms. The maximum absolute atomic E-state index is 12.4. The summed E-state index contributed by atoms with van der Waals surface area (Å²) in [5.41, 5.74) is 6.92. The number of aromatic nitrogens is 2. The highest BCUT2D eigenvalue weighted by Gasteiger charge is 2.26. The van der Waals surface area contributed by atoms with Gasteiger partial charge in [-0.05, 0) is 26.3 Å². The second-order valence-corrected chi connectivity index (χ2v) is 6.09. The summed E-state index contributed by atoms with van der Waals surface area (Å²) in [5.74, 6) is -1.71. The van der Waals surface area contributed by atoms with Crippen LogP contribution in [0, 0.1) is 13.8 Å². The Kier molecular flexibility index (Phi) is 5.03. The quantitative estimate of drug-likeness (QED) is 0.795. The molecule has 3 N–H and O–H groups in total. The second-order valence-electron chi connectivity index (χ2n) is 5.07. The summed E-state index contributed by atoms with van der Waals surface area (Å²) in [7, 11) is 1.72. The van der Waals surface area contributed by atoms with Crippen molar-refractivity contribution < 1.29 is 19.1 Å². The number of nitrogens with zero attached hydrogens (tertiary/aromatic N) is 2. The molecule has 0 unspecified atom stereocenters. The summed E-state index contributed by atoms with van der Waals surface area (Å²) in [4.78, 5) is 36.4. The molecule has 0 atom stereocenters. The molecule has 0 fully saturated rings. The fourth-order valence-corrected chi connectivity index (χ4v) is 3.22. The number of carbonyl (C=O) groups excluding carboxylic acids is 3. The Morgan fingerprint density at radius 2 is 2.04 bits per heavy atom. The normalized spacial score (nSPS) is 10.5. The van der Waals surface area contributed by atoms with Gasteiger partial charge < -0.3 is 15.8 Å². The van der Waals surface area contributed by atoms with Gasteiger partial charge in [0.1, 0.15) is 5.00 Å². The van der Waals surface area contributed by atoms with E-state index in [1.165, 1.54) is 6.20 Å². The molecule has 0 aliphatic heterocycles. The molecule has 2 heterocycles. The molecule has 2 rings (SSSR count). The number of hydrogen-bond donors (Lipinski definition) is 2. The lowest BCUT2D eigenvalue weighted by Crippen LogP contribution is -2.15. The summed E-state index contributed by atoms with van der Waals surface area (Å²) in [6, 6.07) is 0. The summed E-state index contributed by atoms with van der Waals surface area (Å²) in [5, 5.41) is 6.89. The molecule has 2 aromatic rings. The van der Waals surface area contributed by atoms with Gasteiger partial charge in [0.25, 0.3) is 11.8 Å². The zero-order valence-corrected chi connectivity index (χ0v) is 14.6. The van der Waals surface area contributed by atoms with E-state index in [2.05, 4.69) is 10.4 Å². The zero-order valence-electron chi connectivity index (χ0n) is 13.8. The number of hydrogen-bond acceptors (Lipinski definition) is 6. The summed E-state index contributed by atoms with van der Waals surface area (Å²) < 4.78 is 6.57. The molecular formula is C15H18N4O4S. The Labute approximate surface area is 142 Å². The molecule has 0 spiro atoms. The zero-order chi connectivity index (χ0) is 18.0. The number of nitrogens with two attached hydrogens (primary N) is 1. The Hall–Kier alpha value is -2.68. The Balaban J connectivity index is 2.43. The second kappa shape index (κ2) is 6.83. The van der Waals surface area contributed by atoms with Crippen molar-refractivity contribution in [3.05, 3.63) is 33.5 Å². The highest BCUT2D eigenvalue weighted by molar-refractivity contribution is 7.18. The van der Waals surface area contributed by atoms with Crippen molar-refractivity contribution in [3.8, 4) is 0 Å². The summed E-state index contributed by atoms with van der Waals surface area (Å²) in [6.07, 6.45) is 1.43. The number of ether oxygens (including phenoxy) is 1. The van der Waals surface area contributed by atoms with Crippen molar-refractivity contribution in [2.75, 3.05) is 11.9 Å². The van der Waals surface area contributed by atoms with E-state index in [9.17, 15) is 14.4 Å². The fourth-order valence-electron chi connectivity index (χ4n) is 2.18. The van der Waals surface area contributed by atoms with Gasteiger partial charge in [0.05, 0.1) is 28.8 Å². The van der Waals surface area contributed by atoms with Crippen LogP contribution in [-0.4, -0.2) is 34.2 Å². The number of carbonyl (C=O) groups is 3. The van der Waals surface area contributed by atoms with E-state index in [1.54, 1.807) is 32.5 Å². The van der Waals surface area contributed by atoms with Crippen molar-refractivity contribution in [1.29, 1.82) is 0 Å². The molecular weight excluding hydrogens is 332 g/mol. The van der Waals surface area contributed by atoms with Crippen LogP contribution in [0.1, 0.15) is 48.6 Å². The van der Waals surface area contributed by atoms with E-state index in [0.29, 0.717) is 16.8 Å². The van der Waals surface area contributed by atoms with Gasteiger partial charge in [-0.3, -0.25) is 14.3 Å². The Bertz CT molecular complexity index is 822. The van der Waals surface area contributed by atoms with Crippen LogP contribution in [0.25, 0.3) is 0 Å². The number of rotatable bonds is 5. The molecule has 0 radical (unpaired) electrons. The molecule has 0 saturated carbocycles. The Morgan fingerprint density at radius 1 is 1.38 bits per heavy atom. The molecule has 0 saturated heterocycles. The first-order valence-electron chi connectivity index (χ1n) is 7.18. The molecule has 0 bridgehead atoms. The minimum absolute atomic E-state index is 0.144. The largest absolute Gasteiger partial charge is 0.462 e. The van der Waals surface area contributed by atoms with E-state index in [0.717, 1.165) is 11.3 Å². The summed E-state index contributed by atoms with van der Waals surface area (Å²) >= 11 is 0.950. The van der Waals surface area contributed by atoms with Gasteiger partial charge in [0.2, 0.25) is 0 Å². The monoisotopic (exact) mass is 350 g/mol. The average molecular weight is 350 g/mol. The lowest BCUT2D eigenvalue weighted by atomic mass is 10.1. The first kappa shape index (κ1) is 17.7. The number of aryl methyl sites for hydroxylation is 1. The predicted molar refractivity (Wildman–Crippen MR) is 89.4 cm³/mol. The van der Waals surface area contributed by atoms with Crippen molar-refractivity contribution in [3.63, 3.8) is 0 Å². The van der Waals surface area contributed by atoms with E-state index >= 15 is 0 Å². The number of nitrogens with one attached hydrogen (secondary N) is 1. The topological polar surface area (TPSA) is 116 Å². The van der Waals surface area contributed by atoms with E-state index in [1.807, 2.05) is 0 Å². The highest BCUT2D eigenvalue weighted by atomic mass is 32.1. The maximum atomic E-state index is 12.4. The van der Waals surface area contributed by atoms with Gasteiger partial charge in [-0.25, -0.2) is 4.79 Å². The molecule has 2 amide bonds. The average Bonchev–Trinajstić information content (AvgIpc) is 3.00. The first-order chi connectivity index (χ1) is 11.3. The number of thiophene rings is 1. The van der Waals surface area contributed by atoms with Crippen LogP contribution >= 0.6 is 11.3 Å². The van der Waals surface area contributed by atoms with Crippen LogP contribution in [-0.2, 0) is 11.8 Å². The van der Waals surface area contributed by atoms with Crippen LogP contribution in [0.5, 0.6) is 0 Å². The number of amides is 2. The van der Waals surface area contributed by atoms with Crippen LogP contribution in [0.2, 0.25) is 0 Å². The minimum Gasteiger partial charge on any atom is -0.462 e. The van der Waals surface area contributed by atoms with Crippen molar-refractivity contribution in [1.82, 2.24) is 9.78 Å². The molecule has 0 aliphatic carbocycles. The number of anilines is 1. The van der Waals surface area contributed by atoms with E-state index < -0.39 is 17.8 Å². The molecule has 2 aromatic heterocycles. The van der Waals surface area contributed by atoms with Crippen molar-refractivity contribution in [2.24, 2.45) is 12.8 Å². The van der Waals surface area contributed by atoms with Gasteiger partial charge in [-0.2, -0.15) is 5.10 Å². The summed E-state index contributed by atoms with van der Waals surface area (Å²) in [6.45, 7) is 5.19. The third kappa shape index (κ3) is 3.16. The standard InChI is InChI=1S/C15H18N4O4S/c1-5-23-15(22)10-7(2)11(12(16)20)24-14(10)18-13(21)9-6-17-19(4)8(9)3/h6H,5H2,1-4H3,(H2,16,20)(H,18,21). The molecule has 24 heavy (non-hydrogen) atoms. The predicted octanol–water partition coefficient (Wildman–Crippen LogP) is 1.63.